The second-order valence-corrected chi connectivity index (χ2v) is 5.83. The first kappa shape index (κ1) is 13.5. The van der Waals surface area contributed by atoms with Gasteiger partial charge in [0.15, 0.2) is 0 Å². The van der Waals surface area contributed by atoms with E-state index in [1.54, 1.807) is 11.3 Å². The summed E-state index contributed by atoms with van der Waals surface area (Å²) in [4.78, 5) is 15.6. The van der Waals surface area contributed by atoms with Crippen LogP contribution in [0.4, 0.5) is 0 Å². The monoisotopic (exact) mass is 267 g/mol. The van der Waals surface area contributed by atoms with E-state index in [2.05, 4.69) is 34.8 Å². The van der Waals surface area contributed by atoms with E-state index in [0.29, 0.717) is 6.04 Å². The van der Waals surface area contributed by atoms with Gasteiger partial charge in [0, 0.05) is 17.5 Å². The van der Waals surface area contributed by atoms with Gasteiger partial charge in [-0.1, -0.05) is 19.4 Å². The maximum Gasteiger partial charge on any atom is 0.251 e. The van der Waals surface area contributed by atoms with Crippen LogP contribution in [0.15, 0.2) is 17.5 Å². The number of nitrogens with one attached hydrogen (secondary N) is 1. The largest absolute Gasteiger partial charge is 0.293 e. The predicted molar refractivity (Wildman–Crippen MR) is 73.9 cm³/mol. The first-order chi connectivity index (χ1) is 8.76. The van der Waals surface area contributed by atoms with Crippen molar-refractivity contribution in [2.75, 3.05) is 0 Å². The minimum Gasteiger partial charge on any atom is -0.293 e. The number of carbonyl (C=O) groups is 1. The Labute approximate surface area is 112 Å². The van der Waals surface area contributed by atoms with Crippen LogP contribution in [0.3, 0.4) is 0 Å². The third kappa shape index (κ3) is 3.31. The van der Waals surface area contributed by atoms with Gasteiger partial charge in [-0.2, -0.15) is 0 Å². The van der Waals surface area contributed by atoms with Gasteiger partial charge >= 0.3 is 0 Å². The molecule has 0 bridgehead atoms. The molecule has 1 aromatic rings. The molecule has 0 radical (unpaired) electrons. The Morgan fingerprint density at radius 1 is 1.67 bits per heavy atom. The molecule has 5 heteroatoms. The van der Waals surface area contributed by atoms with Gasteiger partial charge in [0.1, 0.15) is 0 Å². The number of hydrogen-bond acceptors (Lipinski definition) is 4. The molecular weight excluding hydrogens is 246 g/mol. The summed E-state index contributed by atoms with van der Waals surface area (Å²) < 4.78 is 0. The van der Waals surface area contributed by atoms with E-state index in [0.717, 1.165) is 19.4 Å². The van der Waals surface area contributed by atoms with Gasteiger partial charge in [-0.05, 0) is 30.7 Å². The molecule has 100 valence electrons. The number of hydrogen-bond donors (Lipinski definition) is 2. The minimum atomic E-state index is -0.0883. The zero-order valence-corrected chi connectivity index (χ0v) is 11.6. The Morgan fingerprint density at radius 3 is 2.94 bits per heavy atom. The Bertz CT molecular complexity index is 376. The molecule has 3 N–H and O–H groups in total. The molecule has 18 heavy (non-hydrogen) atoms. The van der Waals surface area contributed by atoms with Crippen molar-refractivity contribution >= 4 is 17.2 Å². The van der Waals surface area contributed by atoms with Crippen molar-refractivity contribution < 1.29 is 4.79 Å². The highest BCUT2D eigenvalue weighted by molar-refractivity contribution is 7.09. The lowest BCUT2D eigenvalue weighted by atomic mass is 10.1. The maximum absolute atomic E-state index is 11.9. The highest BCUT2D eigenvalue weighted by Crippen LogP contribution is 2.32. The summed E-state index contributed by atoms with van der Waals surface area (Å²) in [5, 5.41) is 2.08. The summed E-state index contributed by atoms with van der Waals surface area (Å²) in [7, 11) is 0. The summed E-state index contributed by atoms with van der Waals surface area (Å²) in [6, 6.07) is 4.65. The molecule has 1 saturated carbocycles. The quantitative estimate of drug-likeness (QED) is 0.450. The van der Waals surface area contributed by atoms with E-state index < -0.39 is 0 Å². The van der Waals surface area contributed by atoms with E-state index in [9.17, 15) is 4.79 Å². The fourth-order valence-electron chi connectivity index (χ4n) is 2.30. The lowest BCUT2D eigenvalue weighted by Crippen LogP contribution is -2.49. The minimum absolute atomic E-state index is 0.0553. The number of hydrazine groups is 1. The second kappa shape index (κ2) is 6.31. The predicted octanol–water partition coefficient (Wildman–Crippen LogP) is 1.87. The molecule has 1 unspecified atom stereocenters. The van der Waals surface area contributed by atoms with Gasteiger partial charge in [0.25, 0.3) is 5.91 Å². The standard InChI is InChI=1S/C13H21N3OS/c1-2-4-12(13(17)15-14)16(10-6-7-10)9-11-5-3-8-18-11/h3,5,8,10,12H,2,4,6-7,9,14H2,1H3,(H,15,17). The van der Waals surface area contributed by atoms with E-state index in [1.807, 2.05) is 0 Å². The highest BCUT2D eigenvalue weighted by atomic mass is 32.1. The molecule has 0 aromatic carbocycles. The summed E-state index contributed by atoms with van der Waals surface area (Å²) >= 11 is 1.75. The van der Waals surface area contributed by atoms with Crippen LogP contribution in [-0.2, 0) is 11.3 Å². The van der Waals surface area contributed by atoms with Crippen LogP contribution in [-0.4, -0.2) is 22.9 Å². The molecule has 4 nitrogen and oxygen atoms in total. The van der Waals surface area contributed by atoms with Crippen molar-refractivity contribution in [1.29, 1.82) is 0 Å². The Balaban J connectivity index is 2.08. The van der Waals surface area contributed by atoms with Crippen LogP contribution < -0.4 is 11.3 Å². The van der Waals surface area contributed by atoms with Gasteiger partial charge in [0.05, 0.1) is 6.04 Å². The summed E-state index contributed by atoms with van der Waals surface area (Å²) in [6.45, 7) is 2.97. The average Bonchev–Trinajstić information content (AvgIpc) is 3.10. The molecule has 1 atom stereocenters. The van der Waals surface area contributed by atoms with Gasteiger partial charge in [0.2, 0.25) is 0 Å². The van der Waals surface area contributed by atoms with Crippen LogP contribution in [0.25, 0.3) is 0 Å². The molecule has 1 aliphatic carbocycles. The first-order valence-electron chi connectivity index (χ1n) is 6.54. The first-order valence-corrected chi connectivity index (χ1v) is 7.42. The van der Waals surface area contributed by atoms with Crippen LogP contribution >= 0.6 is 11.3 Å². The Hall–Kier alpha value is -0.910. The summed E-state index contributed by atoms with van der Waals surface area (Å²) in [5.74, 6) is 5.26. The van der Waals surface area contributed by atoms with E-state index in [1.165, 1.54) is 17.7 Å². The zero-order chi connectivity index (χ0) is 13.0. The number of rotatable bonds is 7. The SMILES string of the molecule is CCCC(C(=O)NN)N(Cc1cccs1)C1CC1. The molecule has 1 heterocycles. The third-order valence-corrected chi connectivity index (χ3v) is 4.20. The van der Waals surface area contributed by atoms with Crippen LogP contribution in [0, 0.1) is 0 Å². The van der Waals surface area contributed by atoms with Gasteiger partial charge in [-0.3, -0.25) is 15.1 Å². The van der Waals surface area contributed by atoms with E-state index >= 15 is 0 Å². The molecule has 1 amide bonds. The van der Waals surface area contributed by atoms with Gasteiger partial charge in [-0.15, -0.1) is 11.3 Å². The third-order valence-electron chi connectivity index (χ3n) is 3.34. The number of carbonyl (C=O) groups excluding carboxylic acids is 1. The van der Waals surface area contributed by atoms with Crippen molar-refractivity contribution in [2.24, 2.45) is 5.84 Å². The molecule has 0 aliphatic heterocycles. The fourth-order valence-corrected chi connectivity index (χ4v) is 3.01. The normalized spacial score (nSPS) is 16.8. The number of amides is 1. The molecule has 2 rings (SSSR count). The summed E-state index contributed by atoms with van der Waals surface area (Å²) in [6.07, 6.45) is 4.25. The molecule has 1 aromatic heterocycles. The summed E-state index contributed by atoms with van der Waals surface area (Å²) in [5.41, 5.74) is 2.32. The second-order valence-electron chi connectivity index (χ2n) is 4.80. The Morgan fingerprint density at radius 2 is 2.44 bits per heavy atom. The van der Waals surface area contributed by atoms with Gasteiger partial charge in [-0.25, -0.2) is 5.84 Å². The smallest absolute Gasteiger partial charge is 0.251 e. The van der Waals surface area contributed by atoms with Crippen molar-refractivity contribution in [1.82, 2.24) is 10.3 Å². The van der Waals surface area contributed by atoms with E-state index in [4.69, 9.17) is 5.84 Å². The van der Waals surface area contributed by atoms with Crippen LogP contribution in [0.1, 0.15) is 37.5 Å². The topological polar surface area (TPSA) is 58.4 Å². The lowest BCUT2D eigenvalue weighted by molar-refractivity contribution is -0.127. The highest BCUT2D eigenvalue weighted by Gasteiger charge is 2.36. The van der Waals surface area contributed by atoms with E-state index in [-0.39, 0.29) is 11.9 Å². The molecular formula is C13H21N3OS. The molecule has 0 spiro atoms. The average molecular weight is 267 g/mol. The molecule has 1 aliphatic rings. The van der Waals surface area contributed by atoms with Crippen molar-refractivity contribution in [3.05, 3.63) is 22.4 Å². The van der Waals surface area contributed by atoms with Crippen molar-refractivity contribution in [2.45, 2.75) is 51.2 Å². The van der Waals surface area contributed by atoms with Crippen molar-refractivity contribution in [3.63, 3.8) is 0 Å². The maximum atomic E-state index is 11.9. The fraction of sp³-hybridized carbons (Fsp3) is 0.615. The number of nitrogens with two attached hydrogens (primary N) is 1. The van der Waals surface area contributed by atoms with Gasteiger partial charge < -0.3 is 0 Å². The number of thiophene rings is 1. The van der Waals surface area contributed by atoms with Crippen LogP contribution in [0.2, 0.25) is 0 Å². The molecule has 1 fully saturated rings. The lowest BCUT2D eigenvalue weighted by Gasteiger charge is -2.29. The number of nitrogens with zero attached hydrogens (tertiary/aromatic N) is 1. The zero-order valence-electron chi connectivity index (χ0n) is 10.8. The van der Waals surface area contributed by atoms with Crippen LogP contribution in [0.5, 0.6) is 0 Å². The Kier molecular flexibility index (Phi) is 4.74. The van der Waals surface area contributed by atoms with Crippen molar-refractivity contribution in [3.8, 4) is 0 Å². The molecule has 0 saturated heterocycles.